The first-order valence-electron chi connectivity index (χ1n) is 6.17. The molecule has 0 aliphatic heterocycles. The number of alkyl halides is 3. The molecule has 0 N–H and O–H groups in total. The monoisotopic (exact) mass is 316 g/mol. The molecular weight excluding hydrogens is 305 g/mol. The fourth-order valence-electron chi connectivity index (χ4n) is 1.68. The van der Waals surface area contributed by atoms with Crippen LogP contribution in [0.4, 0.5) is 13.2 Å². The second-order valence-electron chi connectivity index (χ2n) is 4.15. The summed E-state index contributed by atoms with van der Waals surface area (Å²) in [5.41, 5.74) is -0.817. The van der Waals surface area contributed by atoms with Crippen molar-refractivity contribution in [2.75, 3.05) is 6.61 Å². The smallest absolute Gasteiger partial charge is 0.416 e. The molecule has 2 nitrogen and oxygen atoms in total. The molecular formula is C15H12ClF3O2. The maximum atomic E-state index is 12.5. The quantitative estimate of drug-likeness (QED) is 0.736. The van der Waals surface area contributed by atoms with Crippen molar-refractivity contribution in [1.82, 2.24) is 0 Å². The molecule has 0 aliphatic carbocycles. The van der Waals surface area contributed by atoms with E-state index in [-0.39, 0.29) is 10.8 Å². The highest BCUT2D eigenvalue weighted by Gasteiger charge is 2.31. The minimum Gasteiger partial charge on any atom is -0.494 e. The summed E-state index contributed by atoms with van der Waals surface area (Å²) in [6, 6.07) is 9.73. The minimum absolute atomic E-state index is 0.105. The Bertz CT molecular complexity index is 627. The molecule has 0 radical (unpaired) electrons. The maximum absolute atomic E-state index is 12.5. The first-order chi connectivity index (χ1) is 9.90. The number of rotatable bonds is 4. The Hall–Kier alpha value is -1.88. The lowest BCUT2D eigenvalue weighted by molar-refractivity contribution is -0.137. The number of halogens is 4. The summed E-state index contributed by atoms with van der Waals surface area (Å²) in [5, 5.41) is -0.105. The maximum Gasteiger partial charge on any atom is 0.416 e. The molecule has 0 aliphatic rings. The Labute approximate surface area is 125 Å². The van der Waals surface area contributed by atoms with E-state index in [1.807, 2.05) is 6.92 Å². The molecule has 0 heterocycles. The highest BCUT2D eigenvalue weighted by Crippen LogP contribution is 2.36. The Balaban J connectivity index is 2.22. The van der Waals surface area contributed by atoms with Crippen molar-refractivity contribution >= 4 is 11.6 Å². The van der Waals surface area contributed by atoms with E-state index >= 15 is 0 Å². The third-order valence-corrected chi connectivity index (χ3v) is 2.90. The zero-order valence-corrected chi connectivity index (χ0v) is 11.8. The van der Waals surface area contributed by atoms with Crippen molar-refractivity contribution < 1.29 is 22.6 Å². The van der Waals surface area contributed by atoms with E-state index < -0.39 is 11.7 Å². The Kier molecular flexibility index (Phi) is 4.63. The predicted molar refractivity (Wildman–Crippen MR) is 74.1 cm³/mol. The standard InChI is InChI=1S/C15H12ClF3O2/c1-2-20-11-4-3-5-12(9-11)21-14-7-6-10(8-13(14)16)15(17,18)19/h3-9H,2H2,1H3. The van der Waals surface area contributed by atoms with Crippen LogP contribution in [0, 0.1) is 0 Å². The summed E-state index contributed by atoms with van der Waals surface area (Å²) < 4.78 is 48.4. The number of hydrogen-bond acceptors (Lipinski definition) is 2. The van der Waals surface area contributed by atoms with Gasteiger partial charge in [0.05, 0.1) is 17.2 Å². The van der Waals surface area contributed by atoms with Gasteiger partial charge in [-0.2, -0.15) is 13.2 Å². The van der Waals surface area contributed by atoms with Gasteiger partial charge in [-0.15, -0.1) is 0 Å². The summed E-state index contributed by atoms with van der Waals surface area (Å²) in [5.74, 6) is 1.19. The van der Waals surface area contributed by atoms with Gasteiger partial charge in [0.1, 0.15) is 17.2 Å². The molecule has 0 spiro atoms. The van der Waals surface area contributed by atoms with Crippen LogP contribution >= 0.6 is 11.6 Å². The molecule has 0 bridgehead atoms. The molecule has 2 aromatic carbocycles. The van der Waals surface area contributed by atoms with E-state index in [4.69, 9.17) is 21.1 Å². The average Bonchev–Trinajstić information content (AvgIpc) is 2.41. The van der Waals surface area contributed by atoms with Gasteiger partial charge in [0.25, 0.3) is 0 Å². The highest BCUT2D eigenvalue weighted by molar-refractivity contribution is 6.32. The van der Waals surface area contributed by atoms with E-state index in [1.165, 1.54) is 6.07 Å². The highest BCUT2D eigenvalue weighted by atomic mass is 35.5. The van der Waals surface area contributed by atoms with E-state index in [9.17, 15) is 13.2 Å². The van der Waals surface area contributed by atoms with Gasteiger partial charge < -0.3 is 9.47 Å². The average molecular weight is 317 g/mol. The van der Waals surface area contributed by atoms with Crippen LogP contribution in [-0.2, 0) is 6.18 Å². The molecule has 0 saturated carbocycles. The van der Waals surface area contributed by atoms with E-state index in [0.717, 1.165) is 12.1 Å². The number of benzene rings is 2. The van der Waals surface area contributed by atoms with Crippen molar-refractivity contribution in [3.63, 3.8) is 0 Å². The van der Waals surface area contributed by atoms with Gasteiger partial charge in [0.15, 0.2) is 0 Å². The van der Waals surface area contributed by atoms with Crippen LogP contribution in [0.5, 0.6) is 17.2 Å². The summed E-state index contributed by atoms with van der Waals surface area (Å²) in [4.78, 5) is 0. The molecule has 21 heavy (non-hydrogen) atoms. The first-order valence-corrected chi connectivity index (χ1v) is 6.55. The zero-order valence-electron chi connectivity index (χ0n) is 11.1. The Morgan fingerprint density at radius 2 is 1.76 bits per heavy atom. The Morgan fingerprint density at radius 3 is 2.38 bits per heavy atom. The fourth-order valence-corrected chi connectivity index (χ4v) is 1.90. The van der Waals surface area contributed by atoms with Crippen molar-refractivity contribution in [2.45, 2.75) is 13.1 Å². The van der Waals surface area contributed by atoms with Gasteiger partial charge in [-0.05, 0) is 37.3 Å². The second-order valence-corrected chi connectivity index (χ2v) is 4.56. The van der Waals surface area contributed by atoms with Gasteiger partial charge in [-0.25, -0.2) is 0 Å². The van der Waals surface area contributed by atoms with Gasteiger partial charge >= 0.3 is 6.18 Å². The lowest BCUT2D eigenvalue weighted by Gasteiger charge is -2.12. The normalized spacial score (nSPS) is 11.3. The van der Waals surface area contributed by atoms with Crippen LogP contribution in [0.3, 0.4) is 0 Å². The molecule has 0 atom stereocenters. The van der Waals surface area contributed by atoms with Crippen LogP contribution in [0.2, 0.25) is 5.02 Å². The predicted octanol–water partition coefficient (Wildman–Crippen LogP) is 5.55. The van der Waals surface area contributed by atoms with Crippen LogP contribution in [0.25, 0.3) is 0 Å². The zero-order chi connectivity index (χ0) is 15.5. The fraction of sp³-hybridized carbons (Fsp3) is 0.200. The summed E-state index contributed by atoms with van der Waals surface area (Å²) >= 11 is 5.83. The lowest BCUT2D eigenvalue weighted by Crippen LogP contribution is -2.04. The van der Waals surface area contributed by atoms with Gasteiger partial charge in [0.2, 0.25) is 0 Å². The topological polar surface area (TPSA) is 18.5 Å². The van der Waals surface area contributed by atoms with Crippen molar-refractivity contribution in [3.8, 4) is 17.2 Å². The molecule has 0 fully saturated rings. The van der Waals surface area contributed by atoms with E-state index in [0.29, 0.717) is 18.1 Å². The second kappa shape index (κ2) is 6.26. The molecule has 112 valence electrons. The SMILES string of the molecule is CCOc1cccc(Oc2ccc(C(F)(F)F)cc2Cl)c1. The summed E-state index contributed by atoms with van der Waals surface area (Å²) in [6.07, 6.45) is -4.43. The van der Waals surface area contributed by atoms with Crippen molar-refractivity contribution in [2.24, 2.45) is 0 Å². The minimum atomic E-state index is -4.43. The molecule has 0 aromatic heterocycles. The third kappa shape index (κ3) is 4.04. The largest absolute Gasteiger partial charge is 0.494 e. The van der Waals surface area contributed by atoms with Crippen LogP contribution in [0.1, 0.15) is 12.5 Å². The van der Waals surface area contributed by atoms with Crippen molar-refractivity contribution in [1.29, 1.82) is 0 Å². The molecule has 0 saturated heterocycles. The summed E-state index contributed by atoms with van der Waals surface area (Å²) in [6.45, 7) is 2.35. The molecule has 2 aromatic rings. The molecule has 0 unspecified atom stereocenters. The van der Waals surface area contributed by atoms with Crippen molar-refractivity contribution in [3.05, 3.63) is 53.1 Å². The van der Waals surface area contributed by atoms with Gasteiger partial charge in [-0.3, -0.25) is 0 Å². The first kappa shape index (κ1) is 15.5. The third-order valence-electron chi connectivity index (χ3n) is 2.60. The summed E-state index contributed by atoms with van der Waals surface area (Å²) in [7, 11) is 0. The number of ether oxygens (including phenoxy) is 2. The lowest BCUT2D eigenvalue weighted by atomic mass is 10.2. The molecule has 0 amide bonds. The van der Waals surface area contributed by atoms with Crippen LogP contribution < -0.4 is 9.47 Å². The Morgan fingerprint density at radius 1 is 1.05 bits per heavy atom. The molecule has 6 heteroatoms. The van der Waals surface area contributed by atoms with Crippen LogP contribution in [-0.4, -0.2) is 6.61 Å². The van der Waals surface area contributed by atoms with Gasteiger partial charge in [-0.1, -0.05) is 17.7 Å². The van der Waals surface area contributed by atoms with E-state index in [2.05, 4.69) is 0 Å². The molecule has 2 rings (SSSR count). The van der Waals surface area contributed by atoms with E-state index in [1.54, 1.807) is 24.3 Å². The van der Waals surface area contributed by atoms with Gasteiger partial charge in [0, 0.05) is 6.07 Å². The van der Waals surface area contributed by atoms with Crippen LogP contribution in [0.15, 0.2) is 42.5 Å². The number of hydrogen-bond donors (Lipinski definition) is 0.